The number of Topliss-reactive ketones (excluding diaryl/α,β-unsaturated/α-hetero) is 1. The second kappa shape index (κ2) is 27.1. The number of benzene rings is 5. The molecule has 12 aromatic rings. The molecule has 94 heavy (non-hydrogen) atoms. The summed E-state index contributed by atoms with van der Waals surface area (Å²) in [5.74, 6) is 0.633. The number of fused-ring (bicyclic) bond motifs is 4. The topological polar surface area (TPSA) is 125 Å². The Hall–Kier alpha value is -9.67. The second-order valence-corrected chi connectivity index (χ2v) is 26.5. The van der Waals surface area contributed by atoms with Gasteiger partial charge >= 0.3 is 0 Å². The van der Waals surface area contributed by atoms with E-state index in [1.807, 2.05) is 47.3 Å². The Morgan fingerprint density at radius 2 is 1.24 bits per heavy atom. The van der Waals surface area contributed by atoms with Crippen molar-refractivity contribution in [3.8, 4) is 33.8 Å². The van der Waals surface area contributed by atoms with Crippen LogP contribution in [0.3, 0.4) is 0 Å². The van der Waals surface area contributed by atoms with Crippen molar-refractivity contribution in [3.63, 3.8) is 0 Å². The number of hydrogen-bond acceptors (Lipinski definition) is 10. The molecule has 10 heterocycles. The summed E-state index contributed by atoms with van der Waals surface area (Å²) in [4.78, 5) is 28.1. The van der Waals surface area contributed by atoms with Crippen LogP contribution in [0.4, 0.5) is 27.1 Å². The summed E-state index contributed by atoms with van der Waals surface area (Å²) in [5.41, 5.74) is 24.7. The van der Waals surface area contributed by atoms with Gasteiger partial charge in [0.1, 0.15) is 11.5 Å². The fourth-order valence-corrected chi connectivity index (χ4v) is 13.9. The van der Waals surface area contributed by atoms with Crippen molar-refractivity contribution in [1.82, 2.24) is 38.3 Å². The monoisotopic (exact) mass is 1250 g/mol. The number of H-pyrrole nitrogens is 1. The zero-order valence-electron chi connectivity index (χ0n) is 54.5. The number of halogens is 1. The van der Waals surface area contributed by atoms with Crippen LogP contribution in [-0.4, -0.2) is 117 Å². The molecular weight excluding hydrogens is 1170 g/mol. The number of hydrogen-bond donors (Lipinski definition) is 2. The van der Waals surface area contributed by atoms with Gasteiger partial charge in [0.15, 0.2) is 11.4 Å². The smallest absolute Gasteiger partial charge is 0.163 e. The first-order valence-corrected chi connectivity index (χ1v) is 33.2. The van der Waals surface area contributed by atoms with Gasteiger partial charge in [-0.25, -0.2) is 14.4 Å². The summed E-state index contributed by atoms with van der Waals surface area (Å²) >= 11 is 0. The van der Waals surface area contributed by atoms with E-state index in [0.29, 0.717) is 18.0 Å². The molecule has 478 valence electrons. The van der Waals surface area contributed by atoms with Gasteiger partial charge in [-0.1, -0.05) is 99.6 Å². The van der Waals surface area contributed by atoms with E-state index in [1.165, 1.54) is 78.2 Å². The van der Waals surface area contributed by atoms with Gasteiger partial charge in [-0.15, -0.1) is 0 Å². The third-order valence-electron chi connectivity index (χ3n) is 19.3. The van der Waals surface area contributed by atoms with Gasteiger partial charge in [0.05, 0.1) is 47.9 Å². The maximum Gasteiger partial charge on any atom is 0.163 e. The predicted molar refractivity (Wildman–Crippen MR) is 376 cm³/mol. The minimum absolute atomic E-state index is 0.158. The minimum Gasteiger partial charge on any atom is -0.381 e. The molecule has 16 rings (SSSR count). The maximum atomic E-state index is 14.9. The highest BCUT2D eigenvalue weighted by atomic mass is 19.1. The molecule has 0 bridgehead atoms. The number of rotatable bonds is 12. The van der Waals surface area contributed by atoms with Gasteiger partial charge in [0, 0.05) is 131 Å². The number of aromatic nitrogens is 7. The van der Waals surface area contributed by atoms with Crippen LogP contribution in [0.15, 0.2) is 195 Å². The Morgan fingerprint density at radius 3 is 1.98 bits per heavy atom. The number of nitrogens with one attached hydrogen (secondary N) is 2. The lowest BCUT2D eigenvalue weighted by atomic mass is 9.86. The zero-order chi connectivity index (χ0) is 64.3. The molecule has 3 fully saturated rings. The van der Waals surface area contributed by atoms with E-state index in [1.54, 1.807) is 24.5 Å². The average molecular weight is 1250 g/mol. The highest BCUT2D eigenvalue weighted by molar-refractivity contribution is 6.01. The first-order chi connectivity index (χ1) is 45.8. The van der Waals surface area contributed by atoms with Crippen LogP contribution < -0.4 is 15.1 Å². The Kier molecular flexibility index (Phi) is 17.8. The molecule has 5 aromatic carbocycles. The number of anilines is 4. The van der Waals surface area contributed by atoms with Crippen LogP contribution >= 0.6 is 0 Å². The van der Waals surface area contributed by atoms with Crippen molar-refractivity contribution in [3.05, 3.63) is 251 Å². The predicted octanol–water partition coefficient (Wildman–Crippen LogP) is 15.6. The molecule has 14 nitrogen and oxygen atoms in total. The van der Waals surface area contributed by atoms with Crippen molar-refractivity contribution in [2.75, 3.05) is 87.9 Å². The van der Waals surface area contributed by atoms with Crippen molar-refractivity contribution >= 4 is 45.3 Å². The zero-order valence-corrected chi connectivity index (χ0v) is 54.5. The molecule has 1 aliphatic carbocycles. The molecule has 4 aliphatic rings. The third-order valence-corrected chi connectivity index (χ3v) is 19.3. The van der Waals surface area contributed by atoms with Crippen LogP contribution in [-0.2, 0) is 34.2 Å². The van der Waals surface area contributed by atoms with Crippen molar-refractivity contribution < 1.29 is 18.7 Å². The highest BCUT2D eigenvalue weighted by Crippen LogP contribution is 2.35. The van der Waals surface area contributed by atoms with E-state index in [2.05, 4.69) is 206 Å². The Bertz CT molecular complexity index is 4620. The summed E-state index contributed by atoms with van der Waals surface area (Å²) in [6.45, 7) is 18.1. The van der Waals surface area contributed by atoms with E-state index in [9.17, 15) is 9.18 Å². The number of ketones is 1. The molecule has 7 aromatic heterocycles. The molecule has 15 heteroatoms. The van der Waals surface area contributed by atoms with Crippen LogP contribution in [0.1, 0.15) is 101 Å². The fourth-order valence-electron chi connectivity index (χ4n) is 13.9. The SMILES string of the molecule is CN1CCN(c2ccc(Nc3ccc(-c4cn[nH]c4)n4ccnc34)c(F)c2)CC1.Cc1cc(Cc2ccc(-c3ccc(C(C)(C)C)cc3)n3ccnc23)ccc1C1CCOCC1.O=C1CCc2cc(-c3ccc(Cc4ccc(N5CCOCC5)cc4)c4cccn34)ccc21. The first kappa shape index (κ1) is 61.8. The minimum atomic E-state index is -0.273. The van der Waals surface area contributed by atoms with Gasteiger partial charge in [-0.2, -0.15) is 5.10 Å². The molecule has 3 aliphatic heterocycles. The Labute approximate surface area is 549 Å². The molecule has 0 atom stereocenters. The number of aromatic amines is 1. The van der Waals surface area contributed by atoms with Gasteiger partial charge in [0.2, 0.25) is 0 Å². The lowest BCUT2D eigenvalue weighted by Crippen LogP contribution is -2.44. The number of aryl methyl sites for hydroxylation is 2. The number of morpholine rings is 1. The van der Waals surface area contributed by atoms with Gasteiger partial charge < -0.3 is 33.9 Å². The number of likely N-dealkylation sites (N-methyl/N-ethyl adjacent to an activating group) is 1. The molecule has 0 radical (unpaired) electrons. The van der Waals surface area contributed by atoms with E-state index in [0.717, 1.165) is 137 Å². The van der Waals surface area contributed by atoms with E-state index >= 15 is 0 Å². The molecule has 3 saturated heterocycles. The Morgan fingerprint density at radius 1 is 0.596 bits per heavy atom. The summed E-state index contributed by atoms with van der Waals surface area (Å²) in [6.07, 6.45) is 18.9. The molecule has 0 spiro atoms. The van der Waals surface area contributed by atoms with E-state index in [4.69, 9.17) is 14.5 Å². The van der Waals surface area contributed by atoms with Crippen molar-refractivity contribution in [1.29, 1.82) is 0 Å². The standard InChI is InChI=1S/C30H34N2O.C28H26N2O2.C21H22FN7/c1-21-19-22(5-11-27(21)23-13-17-33-18-14-23)20-25-8-12-28(32-16-15-31-29(25)32)24-6-9-26(10-7-24)30(2,3)4;31-28-12-7-21-19-23(5-10-25(21)28)27-11-6-22(26-2-1-13-30(26)27)18-20-3-8-24(9-4-20)29-14-16-32-17-15-29;1-27-8-10-28(11-9-27)16-2-3-18(17(22)12-16)26-19-4-5-20(15-13-24-25-14-15)29-7-6-23-21(19)29/h5-12,15-16,19,23H,13-14,17-18,20H2,1-4H3;1-6,8-11,13,19H,7,12,14-18H2;2-7,12-14,26H,8-11H2,1H3,(H,24,25). The third kappa shape index (κ3) is 13.3. The van der Waals surface area contributed by atoms with Crippen molar-refractivity contribution in [2.45, 2.75) is 77.6 Å². The quantitative estimate of drug-likeness (QED) is 0.122. The maximum absolute atomic E-state index is 14.9. The van der Waals surface area contributed by atoms with Gasteiger partial charge in [-0.05, 0) is 179 Å². The first-order valence-electron chi connectivity index (χ1n) is 33.2. The number of imidazole rings is 2. The number of pyridine rings is 3. The van der Waals surface area contributed by atoms with Crippen LogP contribution in [0.5, 0.6) is 0 Å². The average Bonchev–Trinajstić information content (AvgIpc) is 2.07. The molecule has 0 unspecified atom stereocenters. The molecule has 2 N–H and O–H groups in total. The van der Waals surface area contributed by atoms with E-state index < -0.39 is 0 Å². The largest absolute Gasteiger partial charge is 0.381 e. The lowest BCUT2D eigenvalue weighted by Gasteiger charge is -2.34. The van der Waals surface area contributed by atoms with Crippen LogP contribution in [0.2, 0.25) is 0 Å². The lowest BCUT2D eigenvalue weighted by molar-refractivity contribution is 0.0852. The van der Waals surface area contributed by atoms with Gasteiger partial charge in [0.25, 0.3) is 0 Å². The Balaban J connectivity index is 0.000000122. The van der Waals surface area contributed by atoms with Crippen LogP contribution in [0.25, 0.3) is 50.6 Å². The van der Waals surface area contributed by atoms with Crippen LogP contribution in [0, 0.1) is 12.7 Å². The second-order valence-electron chi connectivity index (χ2n) is 26.5. The van der Waals surface area contributed by atoms with E-state index in [-0.39, 0.29) is 17.0 Å². The molecule has 0 amide bonds. The van der Waals surface area contributed by atoms with Crippen molar-refractivity contribution in [2.24, 2.45) is 0 Å². The fraction of sp³-hybridized carbons (Fsp3) is 0.291. The summed E-state index contributed by atoms with van der Waals surface area (Å²) in [6, 6.07) is 53.7. The number of carbonyl (C=O) groups is 1. The normalized spacial score (nSPS) is 15.5. The summed E-state index contributed by atoms with van der Waals surface area (Å²) < 4.78 is 32.3. The summed E-state index contributed by atoms with van der Waals surface area (Å²) in [7, 11) is 2.11. The highest BCUT2D eigenvalue weighted by Gasteiger charge is 2.23. The number of carbonyl (C=O) groups excluding carboxylic acids is 1. The number of piperazine rings is 1. The number of ether oxygens (including phenoxy) is 2. The summed E-state index contributed by atoms with van der Waals surface area (Å²) in [5, 5.41) is 10.0. The molecular formula is C79H82FN11O3. The number of nitrogens with zero attached hydrogens (tertiary/aromatic N) is 9. The molecule has 0 saturated carbocycles. The van der Waals surface area contributed by atoms with Gasteiger partial charge in [-0.3, -0.25) is 18.7 Å².